The summed E-state index contributed by atoms with van der Waals surface area (Å²) in [6.45, 7) is 0.277. The van der Waals surface area contributed by atoms with Gasteiger partial charge in [0.25, 0.3) is 0 Å². The lowest BCUT2D eigenvalue weighted by atomic mass is 10.4. The van der Waals surface area contributed by atoms with Crippen molar-refractivity contribution in [3.8, 4) is 0 Å². The fourth-order valence-electron chi connectivity index (χ4n) is 0.822. The van der Waals surface area contributed by atoms with E-state index in [1.54, 1.807) is 7.05 Å². The van der Waals surface area contributed by atoms with E-state index < -0.39 is 5.97 Å². The van der Waals surface area contributed by atoms with Gasteiger partial charge in [0.1, 0.15) is 0 Å². The molecule has 0 saturated heterocycles. The zero-order chi connectivity index (χ0) is 12.6. The monoisotopic (exact) mass is 249 g/mol. The third-order valence-corrected chi connectivity index (χ3v) is 2.66. The van der Waals surface area contributed by atoms with Crippen molar-refractivity contribution in [2.75, 3.05) is 32.2 Å². The second-order valence-corrected chi connectivity index (χ2v) is 4.01. The van der Waals surface area contributed by atoms with Crippen molar-refractivity contribution in [3.05, 3.63) is 0 Å². The predicted octanol–water partition coefficient (Wildman–Crippen LogP) is -0.174. The number of rotatable bonds is 7. The van der Waals surface area contributed by atoms with Crippen LogP contribution < -0.4 is 0 Å². The number of amides is 1. The smallest absolute Gasteiger partial charge is 0.313 e. The Labute approximate surface area is 97.9 Å². The number of esters is 1. The molecule has 0 aliphatic carbocycles. The third-order valence-electron chi connectivity index (χ3n) is 1.76. The molecule has 1 N–H and O–H groups in total. The van der Waals surface area contributed by atoms with Crippen LogP contribution in [0.5, 0.6) is 0 Å². The molecule has 16 heavy (non-hydrogen) atoms. The van der Waals surface area contributed by atoms with E-state index in [9.17, 15) is 14.4 Å². The summed E-state index contributed by atoms with van der Waals surface area (Å²) in [5.74, 6) is -1.52. The molecule has 7 heteroatoms. The van der Waals surface area contributed by atoms with Crippen LogP contribution in [0.25, 0.3) is 0 Å². The van der Waals surface area contributed by atoms with Gasteiger partial charge in [-0.1, -0.05) is 0 Å². The minimum absolute atomic E-state index is 0.101. The number of carbonyl (C=O) groups excluding carboxylic acids is 2. The molecule has 0 aromatic rings. The minimum atomic E-state index is -0.949. The number of nitrogens with zero attached hydrogens (tertiary/aromatic N) is 1. The Morgan fingerprint density at radius 1 is 1.31 bits per heavy atom. The molecule has 0 fully saturated rings. The highest BCUT2D eigenvalue weighted by Gasteiger charge is 2.11. The molecule has 0 rings (SSSR count). The van der Waals surface area contributed by atoms with Gasteiger partial charge in [0.15, 0.2) is 0 Å². The minimum Gasteiger partial charge on any atom is -0.481 e. The number of hydrogen-bond donors (Lipinski definition) is 1. The summed E-state index contributed by atoms with van der Waals surface area (Å²) < 4.78 is 4.43. The number of thioether (sulfide) groups is 1. The van der Waals surface area contributed by atoms with Gasteiger partial charge in [-0.25, -0.2) is 0 Å². The zero-order valence-electron chi connectivity index (χ0n) is 9.26. The molecule has 6 nitrogen and oxygen atoms in total. The van der Waals surface area contributed by atoms with Crippen LogP contribution in [-0.4, -0.2) is 60.1 Å². The van der Waals surface area contributed by atoms with Crippen molar-refractivity contribution in [2.24, 2.45) is 0 Å². The zero-order valence-corrected chi connectivity index (χ0v) is 10.1. The summed E-state index contributed by atoms with van der Waals surface area (Å²) in [5.41, 5.74) is 0. The SMILES string of the molecule is COC(=O)CCN(C)C(=O)CSCC(=O)O. The molecule has 0 aromatic heterocycles. The van der Waals surface area contributed by atoms with Crippen molar-refractivity contribution in [2.45, 2.75) is 6.42 Å². The van der Waals surface area contributed by atoms with Crippen molar-refractivity contribution in [1.29, 1.82) is 0 Å². The largest absolute Gasteiger partial charge is 0.481 e. The average Bonchev–Trinajstić information content (AvgIpc) is 2.24. The Morgan fingerprint density at radius 2 is 1.94 bits per heavy atom. The standard InChI is InChI=1S/C9H15NO5S/c1-10(4-3-9(14)15-2)7(11)5-16-6-8(12)13/h3-6H2,1-2H3,(H,12,13). The summed E-state index contributed by atoms with van der Waals surface area (Å²) >= 11 is 1.03. The maximum Gasteiger partial charge on any atom is 0.313 e. The Kier molecular flexibility index (Phi) is 7.36. The molecule has 0 unspecified atom stereocenters. The summed E-state index contributed by atoms with van der Waals surface area (Å²) in [7, 11) is 2.85. The van der Waals surface area contributed by atoms with E-state index in [0.717, 1.165) is 11.8 Å². The lowest BCUT2D eigenvalue weighted by molar-refractivity contribution is -0.141. The van der Waals surface area contributed by atoms with E-state index in [1.165, 1.54) is 12.0 Å². The Hall–Kier alpha value is -1.24. The Morgan fingerprint density at radius 3 is 2.44 bits per heavy atom. The molecule has 0 aromatic carbocycles. The fourth-order valence-corrected chi connectivity index (χ4v) is 1.49. The molecule has 0 heterocycles. The third kappa shape index (κ3) is 7.10. The number of methoxy groups -OCH3 is 1. The molecule has 0 atom stereocenters. The first-order valence-corrected chi connectivity index (χ1v) is 5.73. The van der Waals surface area contributed by atoms with Crippen molar-refractivity contribution in [3.63, 3.8) is 0 Å². The molecule has 0 aliphatic rings. The summed E-state index contributed by atoms with van der Waals surface area (Å²) in [4.78, 5) is 33.8. The van der Waals surface area contributed by atoms with Crippen LogP contribution in [0.4, 0.5) is 0 Å². The quantitative estimate of drug-likeness (QED) is 0.630. The van der Waals surface area contributed by atoms with Gasteiger partial charge >= 0.3 is 11.9 Å². The maximum absolute atomic E-state index is 11.4. The van der Waals surface area contributed by atoms with Crippen LogP contribution in [0.1, 0.15) is 6.42 Å². The van der Waals surface area contributed by atoms with E-state index in [4.69, 9.17) is 5.11 Å². The van der Waals surface area contributed by atoms with Gasteiger partial charge in [-0.15, -0.1) is 11.8 Å². The molecule has 92 valence electrons. The second-order valence-electron chi connectivity index (χ2n) is 3.03. The van der Waals surface area contributed by atoms with Crippen LogP contribution >= 0.6 is 11.8 Å². The van der Waals surface area contributed by atoms with Crippen LogP contribution in [0.2, 0.25) is 0 Å². The molecule has 0 radical (unpaired) electrons. The number of carbonyl (C=O) groups is 3. The van der Waals surface area contributed by atoms with Gasteiger partial charge in [-0.2, -0.15) is 0 Å². The van der Waals surface area contributed by atoms with Crippen LogP contribution in [0.3, 0.4) is 0 Å². The molecule has 0 spiro atoms. The van der Waals surface area contributed by atoms with E-state index >= 15 is 0 Å². The molecule has 0 aliphatic heterocycles. The van der Waals surface area contributed by atoms with Crippen molar-refractivity contribution >= 4 is 29.6 Å². The van der Waals surface area contributed by atoms with E-state index in [2.05, 4.69) is 4.74 Å². The Bertz CT molecular complexity index is 269. The van der Waals surface area contributed by atoms with E-state index in [1.807, 2.05) is 0 Å². The van der Waals surface area contributed by atoms with Gasteiger partial charge in [0, 0.05) is 13.6 Å². The lowest BCUT2D eigenvalue weighted by Gasteiger charge is -2.15. The number of ether oxygens (including phenoxy) is 1. The summed E-state index contributed by atoms with van der Waals surface area (Å²) in [6, 6.07) is 0. The number of carboxylic acids is 1. The molecular weight excluding hydrogens is 234 g/mol. The van der Waals surface area contributed by atoms with Crippen LogP contribution in [0.15, 0.2) is 0 Å². The second kappa shape index (κ2) is 7.98. The first kappa shape index (κ1) is 14.8. The van der Waals surface area contributed by atoms with Gasteiger partial charge in [-0.3, -0.25) is 14.4 Å². The van der Waals surface area contributed by atoms with Crippen LogP contribution in [-0.2, 0) is 19.1 Å². The highest BCUT2D eigenvalue weighted by Crippen LogP contribution is 2.02. The fraction of sp³-hybridized carbons (Fsp3) is 0.667. The summed E-state index contributed by atoms with van der Waals surface area (Å²) in [6.07, 6.45) is 0.141. The molecule has 1 amide bonds. The molecule has 0 saturated carbocycles. The van der Waals surface area contributed by atoms with Gasteiger partial charge < -0.3 is 14.7 Å². The molecule has 0 bridgehead atoms. The van der Waals surface area contributed by atoms with Gasteiger partial charge in [0.05, 0.1) is 25.0 Å². The topological polar surface area (TPSA) is 83.9 Å². The van der Waals surface area contributed by atoms with Crippen LogP contribution in [0, 0.1) is 0 Å². The van der Waals surface area contributed by atoms with Gasteiger partial charge in [0.2, 0.25) is 5.91 Å². The van der Waals surface area contributed by atoms with Gasteiger partial charge in [-0.05, 0) is 0 Å². The average molecular weight is 249 g/mol. The normalized spacial score (nSPS) is 9.62. The summed E-state index contributed by atoms with van der Waals surface area (Å²) in [5, 5.41) is 8.37. The van der Waals surface area contributed by atoms with Crippen molar-refractivity contribution < 1.29 is 24.2 Å². The number of carboxylic acid groups (broad SMARTS) is 1. The Balaban J connectivity index is 3.73. The first-order chi connectivity index (χ1) is 7.47. The lowest BCUT2D eigenvalue weighted by Crippen LogP contribution is -2.30. The maximum atomic E-state index is 11.4. The van der Waals surface area contributed by atoms with Crippen molar-refractivity contribution in [1.82, 2.24) is 4.90 Å². The predicted molar refractivity (Wildman–Crippen MR) is 59.2 cm³/mol. The first-order valence-electron chi connectivity index (χ1n) is 4.57. The van der Waals surface area contributed by atoms with E-state index in [-0.39, 0.29) is 36.3 Å². The molecular formula is C9H15NO5S. The number of aliphatic carboxylic acids is 1. The van der Waals surface area contributed by atoms with E-state index in [0.29, 0.717) is 0 Å². The highest BCUT2D eigenvalue weighted by atomic mass is 32.2. The number of hydrogen-bond acceptors (Lipinski definition) is 5. The highest BCUT2D eigenvalue weighted by molar-refractivity contribution is 8.00.